The van der Waals surface area contributed by atoms with Crippen LogP contribution in [0.15, 0.2) is 18.2 Å². The van der Waals surface area contributed by atoms with E-state index in [2.05, 4.69) is 30.4 Å². The lowest BCUT2D eigenvalue weighted by molar-refractivity contribution is -0.148. The number of nitrogens with zero attached hydrogens (tertiary/aromatic N) is 1. The fourth-order valence-corrected chi connectivity index (χ4v) is 3.21. The Morgan fingerprint density at radius 1 is 1.15 bits per heavy atom. The Hall–Kier alpha value is -1.68. The van der Waals surface area contributed by atoms with Crippen molar-refractivity contribution >= 4 is 11.8 Å². The molecule has 2 unspecified atom stereocenters. The molecule has 1 aromatic carbocycles. The molecular formula is C16H20N2O2. The Kier molecular flexibility index (Phi) is 3.34. The van der Waals surface area contributed by atoms with Gasteiger partial charge in [-0.3, -0.25) is 19.8 Å². The number of likely N-dealkylation sites (tertiary alicyclic amines) is 1. The highest BCUT2D eigenvalue weighted by Crippen LogP contribution is 2.32. The van der Waals surface area contributed by atoms with Gasteiger partial charge in [-0.1, -0.05) is 23.8 Å². The molecule has 3 rings (SSSR count). The second-order valence-electron chi connectivity index (χ2n) is 5.84. The van der Waals surface area contributed by atoms with Gasteiger partial charge in [0.05, 0.1) is 6.04 Å². The number of amides is 2. The number of fused-ring (bicyclic) bond motifs is 1. The number of nitrogens with one attached hydrogen (secondary N) is 1. The molecule has 2 amide bonds. The molecule has 20 heavy (non-hydrogen) atoms. The van der Waals surface area contributed by atoms with Gasteiger partial charge in [0.25, 0.3) is 0 Å². The number of carbonyl (C=O) groups excluding carboxylic acids is 2. The van der Waals surface area contributed by atoms with Crippen molar-refractivity contribution in [2.45, 2.75) is 44.7 Å². The van der Waals surface area contributed by atoms with Crippen molar-refractivity contribution in [3.05, 3.63) is 34.9 Å². The summed E-state index contributed by atoms with van der Waals surface area (Å²) in [5, 5.41) is 3.46. The lowest BCUT2D eigenvalue weighted by Gasteiger charge is -2.30. The van der Waals surface area contributed by atoms with Crippen LogP contribution >= 0.6 is 0 Å². The highest BCUT2D eigenvalue weighted by atomic mass is 16.2. The predicted molar refractivity (Wildman–Crippen MR) is 76.2 cm³/mol. The van der Waals surface area contributed by atoms with Crippen LogP contribution in [-0.2, 0) is 16.0 Å². The van der Waals surface area contributed by atoms with E-state index in [1.807, 2.05) is 0 Å². The van der Waals surface area contributed by atoms with Gasteiger partial charge in [-0.25, -0.2) is 0 Å². The number of benzene rings is 1. The summed E-state index contributed by atoms with van der Waals surface area (Å²) in [7, 11) is 1.57. The molecule has 4 heteroatoms. The van der Waals surface area contributed by atoms with E-state index >= 15 is 0 Å². The monoisotopic (exact) mass is 272 g/mol. The van der Waals surface area contributed by atoms with Crippen LogP contribution in [0.25, 0.3) is 0 Å². The second-order valence-corrected chi connectivity index (χ2v) is 5.84. The summed E-state index contributed by atoms with van der Waals surface area (Å²) in [6, 6.07) is 6.54. The number of imide groups is 1. The number of rotatable bonds is 2. The first-order valence-electron chi connectivity index (χ1n) is 7.22. The molecule has 0 radical (unpaired) electrons. The van der Waals surface area contributed by atoms with Gasteiger partial charge >= 0.3 is 0 Å². The van der Waals surface area contributed by atoms with Gasteiger partial charge in [0.1, 0.15) is 0 Å². The average molecular weight is 272 g/mol. The first-order valence-corrected chi connectivity index (χ1v) is 7.22. The number of carbonyl (C=O) groups is 2. The summed E-state index contributed by atoms with van der Waals surface area (Å²) in [6.07, 6.45) is 3.15. The number of likely N-dealkylation sites (N-methyl/N-ethyl adjacent to an activating group) is 1. The molecular weight excluding hydrogens is 252 g/mol. The lowest BCUT2D eigenvalue weighted by atomic mass is 10.0. The normalized spacial score (nSPS) is 26.0. The molecule has 1 heterocycles. The van der Waals surface area contributed by atoms with E-state index in [1.54, 1.807) is 7.05 Å². The van der Waals surface area contributed by atoms with E-state index in [4.69, 9.17) is 0 Å². The predicted octanol–water partition coefficient (Wildman–Crippen LogP) is 1.72. The number of aryl methyl sites for hydroxylation is 2. The van der Waals surface area contributed by atoms with Gasteiger partial charge in [0.2, 0.25) is 11.8 Å². The minimum absolute atomic E-state index is 0.0734. The SMILES string of the molecule is Cc1ccc2c(c1)C(NC1CCC(=O)N(C)C1=O)CC2. The summed E-state index contributed by atoms with van der Waals surface area (Å²) in [4.78, 5) is 24.9. The third-order valence-corrected chi connectivity index (χ3v) is 4.43. The molecule has 1 aromatic rings. The first kappa shape index (κ1) is 13.3. The summed E-state index contributed by atoms with van der Waals surface area (Å²) < 4.78 is 0. The van der Waals surface area contributed by atoms with Crippen LogP contribution < -0.4 is 5.32 Å². The van der Waals surface area contributed by atoms with E-state index in [0.29, 0.717) is 12.8 Å². The molecule has 0 aromatic heterocycles. The Bertz CT molecular complexity index is 568. The largest absolute Gasteiger partial charge is 0.299 e. The van der Waals surface area contributed by atoms with E-state index in [1.165, 1.54) is 21.6 Å². The van der Waals surface area contributed by atoms with Crippen molar-refractivity contribution in [1.82, 2.24) is 10.2 Å². The van der Waals surface area contributed by atoms with Crippen LogP contribution in [0.1, 0.15) is 42.0 Å². The third kappa shape index (κ3) is 2.24. The van der Waals surface area contributed by atoms with Gasteiger partial charge < -0.3 is 0 Å². The Balaban J connectivity index is 1.76. The van der Waals surface area contributed by atoms with Crippen LogP contribution in [0.5, 0.6) is 0 Å². The fourth-order valence-electron chi connectivity index (χ4n) is 3.21. The van der Waals surface area contributed by atoms with Crippen LogP contribution in [0.3, 0.4) is 0 Å². The number of hydrogen-bond donors (Lipinski definition) is 1. The van der Waals surface area contributed by atoms with Crippen molar-refractivity contribution in [3.63, 3.8) is 0 Å². The van der Waals surface area contributed by atoms with Crippen molar-refractivity contribution in [2.75, 3.05) is 7.05 Å². The maximum absolute atomic E-state index is 12.1. The second kappa shape index (κ2) is 5.02. The Morgan fingerprint density at radius 3 is 2.70 bits per heavy atom. The maximum atomic E-state index is 12.1. The summed E-state index contributed by atoms with van der Waals surface area (Å²) in [5.74, 6) is -0.168. The lowest BCUT2D eigenvalue weighted by Crippen LogP contribution is -2.52. The van der Waals surface area contributed by atoms with E-state index in [0.717, 1.165) is 12.8 Å². The van der Waals surface area contributed by atoms with Gasteiger partial charge in [-0.2, -0.15) is 0 Å². The first-order chi connectivity index (χ1) is 9.56. The minimum atomic E-state index is -0.228. The standard InChI is InChI=1S/C16H20N2O2/c1-10-3-4-11-5-6-13(12(11)9-10)17-14-7-8-15(19)18(2)16(14)20/h3-4,9,13-14,17H,5-8H2,1-2H3. The Morgan fingerprint density at radius 2 is 1.90 bits per heavy atom. The molecule has 1 aliphatic carbocycles. The van der Waals surface area contributed by atoms with E-state index in [-0.39, 0.29) is 23.9 Å². The minimum Gasteiger partial charge on any atom is -0.299 e. The van der Waals surface area contributed by atoms with Crippen molar-refractivity contribution in [2.24, 2.45) is 0 Å². The summed E-state index contributed by atoms with van der Waals surface area (Å²) in [5.41, 5.74) is 3.94. The van der Waals surface area contributed by atoms with E-state index < -0.39 is 0 Å². The van der Waals surface area contributed by atoms with Crippen LogP contribution in [-0.4, -0.2) is 29.8 Å². The van der Waals surface area contributed by atoms with E-state index in [9.17, 15) is 9.59 Å². The molecule has 0 saturated carbocycles. The zero-order valence-corrected chi connectivity index (χ0v) is 12.0. The van der Waals surface area contributed by atoms with Crippen molar-refractivity contribution in [3.8, 4) is 0 Å². The summed E-state index contributed by atoms with van der Waals surface area (Å²) in [6.45, 7) is 2.09. The highest BCUT2D eigenvalue weighted by molar-refractivity contribution is 6.00. The highest BCUT2D eigenvalue weighted by Gasteiger charge is 2.34. The van der Waals surface area contributed by atoms with Gasteiger partial charge in [0.15, 0.2) is 0 Å². The molecule has 1 saturated heterocycles. The fraction of sp³-hybridized carbons (Fsp3) is 0.500. The maximum Gasteiger partial charge on any atom is 0.246 e. The molecule has 2 aliphatic rings. The van der Waals surface area contributed by atoms with Crippen LogP contribution in [0.4, 0.5) is 0 Å². The van der Waals surface area contributed by atoms with Gasteiger partial charge in [-0.15, -0.1) is 0 Å². The van der Waals surface area contributed by atoms with Crippen LogP contribution in [0, 0.1) is 6.92 Å². The zero-order valence-electron chi connectivity index (χ0n) is 12.0. The van der Waals surface area contributed by atoms with Gasteiger partial charge in [-0.05, 0) is 37.3 Å². The molecule has 4 nitrogen and oxygen atoms in total. The molecule has 106 valence electrons. The van der Waals surface area contributed by atoms with Crippen LogP contribution in [0.2, 0.25) is 0 Å². The van der Waals surface area contributed by atoms with Gasteiger partial charge in [0, 0.05) is 19.5 Å². The average Bonchev–Trinajstić information content (AvgIpc) is 2.82. The molecule has 1 N–H and O–H groups in total. The Labute approximate surface area is 119 Å². The third-order valence-electron chi connectivity index (χ3n) is 4.43. The number of hydrogen-bond acceptors (Lipinski definition) is 3. The molecule has 1 aliphatic heterocycles. The van der Waals surface area contributed by atoms with Crippen molar-refractivity contribution < 1.29 is 9.59 Å². The number of piperidine rings is 1. The quantitative estimate of drug-likeness (QED) is 0.834. The molecule has 0 spiro atoms. The topological polar surface area (TPSA) is 49.4 Å². The van der Waals surface area contributed by atoms with Crippen molar-refractivity contribution in [1.29, 1.82) is 0 Å². The molecule has 0 bridgehead atoms. The molecule has 2 atom stereocenters. The summed E-state index contributed by atoms with van der Waals surface area (Å²) >= 11 is 0. The zero-order chi connectivity index (χ0) is 14.3. The smallest absolute Gasteiger partial charge is 0.246 e. The molecule has 1 fully saturated rings.